The van der Waals surface area contributed by atoms with Gasteiger partial charge in [0, 0.05) is 37.8 Å². The van der Waals surface area contributed by atoms with E-state index in [-0.39, 0.29) is 11.9 Å². The minimum Gasteiger partial charge on any atom is -0.493 e. The van der Waals surface area contributed by atoms with Crippen LogP contribution < -0.4 is 15.4 Å². The third-order valence-electron chi connectivity index (χ3n) is 3.82. The molecule has 1 heterocycles. The number of carbonyl (C=O) groups is 1. The fourth-order valence-corrected chi connectivity index (χ4v) is 2.65. The molecule has 0 radical (unpaired) electrons. The van der Waals surface area contributed by atoms with Crippen molar-refractivity contribution in [2.24, 2.45) is 0 Å². The summed E-state index contributed by atoms with van der Waals surface area (Å²) in [6.07, 6.45) is 2.78. The summed E-state index contributed by atoms with van der Waals surface area (Å²) in [6.45, 7) is 4.36. The molecular formula is C17H26N2O3. The van der Waals surface area contributed by atoms with Crippen molar-refractivity contribution in [3.05, 3.63) is 29.8 Å². The fourth-order valence-electron chi connectivity index (χ4n) is 2.65. The molecule has 2 atom stereocenters. The quantitative estimate of drug-likeness (QED) is 0.756. The predicted octanol–water partition coefficient (Wildman–Crippen LogP) is 1.97. The Bertz CT molecular complexity index is 479. The van der Waals surface area contributed by atoms with E-state index in [9.17, 15) is 4.79 Å². The number of rotatable bonds is 7. The van der Waals surface area contributed by atoms with Crippen molar-refractivity contribution in [2.45, 2.75) is 38.3 Å². The van der Waals surface area contributed by atoms with E-state index in [2.05, 4.69) is 17.6 Å². The van der Waals surface area contributed by atoms with Crippen molar-refractivity contribution in [1.29, 1.82) is 0 Å². The largest absolute Gasteiger partial charge is 0.493 e. The molecular weight excluding hydrogens is 280 g/mol. The molecule has 5 heteroatoms. The molecule has 1 aliphatic rings. The first kappa shape index (κ1) is 16.8. The average Bonchev–Trinajstić information content (AvgIpc) is 2.52. The van der Waals surface area contributed by atoms with Crippen LogP contribution in [0.4, 0.5) is 0 Å². The van der Waals surface area contributed by atoms with Gasteiger partial charge in [-0.3, -0.25) is 4.79 Å². The average molecular weight is 306 g/mol. The Morgan fingerprint density at radius 3 is 3.05 bits per heavy atom. The summed E-state index contributed by atoms with van der Waals surface area (Å²) in [7, 11) is 1.67. The van der Waals surface area contributed by atoms with Crippen LogP contribution in [-0.2, 0) is 4.74 Å². The zero-order chi connectivity index (χ0) is 15.8. The first-order chi connectivity index (χ1) is 10.7. The molecule has 1 fully saturated rings. The zero-order valence-electron chi connectivity index (χ0n) is 13.4. The van der Waals surface area contributed by atoms with Gasteiger partial charge >= 0.3 is 0 Å². The Kier molecular flexibility index (Phi) is 6.68. The summed E-state index contributed by atoms with van der Waals surface area (Å²) in [4.78, 5) is 12.3. The highest BCUT2D eigenvalue weighted by Gasteiger charge is 2.20. The molecule has 22 heavy (non-hydrogen) atoms. The van der Waals surface area contributed by atoms with E-state index in [1.54, 1.807) is 13.2 Å². The molecule has 1 aliphatic heterocycles. The van der Waals surface area contributed by atoms with Crippen LogP contribution >= 0.6 is 0 Å². The molecule has 1 amide bonds. The SMILES string of the molecule is COCCCOc1cccc(C(=O)NC2CCNC(C)C2)c1. The van der Waals surface area contributed by atoms with Crippen molar-refractivity contribution in [3.8, 4) is 5.75 Å². The molecule has 0 saturated carbocycles. The number of hydrogen-bond donors (Lipinski definition) is 2. The predicted molar refractivity (Wildman–Crippen MR) is 86.4 cm³/mol. The Morgan fingerprint density at radius 1 is 1.41 bits per heavy atom. The van der Waals surface area contributed by atoms with Gasteiger partial charge in [0.25, 0.3) is 5.91 Å². The Morgan fingerprint density at radius 2 is 2.27 bits per heavy atom. The molecule has 0 aromatic heterocycles. The van der Waals surface area contributed by atoms with Crippen LogP contribution in [0.3, 0.4) is 0 Å². The molecule has 2 unspecified atom stereocenters. The Hall–Kier alpha value is -1.59. The third-order valence-corrected chi connectivity index (χ3v) is 3.82. The summed E-state index contributed by atoms with van der Waals surface area (Å²) in [5.41, 5.74) is 0.649. The van der Waals surface area contributed by atoms with Crippen molar-refractivity contribution in [2.75, 3.05) is 26.9 Å². The van der Waals surface area contributed by atoms with Gasteiger partial charge < -0.3 is 20.1 Å². The van der Waals surface area contributed by atoms with Gasteiger partial charge in [0.15, 0.2) is 0 Å². The topological polar surface area (TPSA) is 59.6 Å². The van der Waals surface area contributed by atoms with Crippen LogP contribution in [0.15, 0.2) is 24.3 Å². The first-order valence-electron chi connectivity index (χ1n) is 7.95. The maximum Gasteiger partial charge on any atom is 0.251 e. The van der Waals surface area contributed by atoms with Gasteiger partial charge in [0.2, 0.25) is 0 Å². The van der Waals surface area contributed by atoms with Crippen LogP contribution in [-0.4, -0.2) is 44.9 Å². The lowest BCUT2D eigenvalue weighted by molar-refractivity contribution is 0.0925. The summed E-state index contributed by atoms with van der Waals surface area (Å²) in [6, 6.07) is 8.04. The van der Waals surface area contributed by atoms with Crippen molar-refractivity contribution < 1.29 is 14.3 Å². The number of benzene rings is 1. The number of piperidine rings is 1. The monoisotopic (exact) mass is 306 g/mol. The zero-order valence-corrected chi connectivity index (χ0v) is 13.4. The van der Waals surface area contributed by atoms with Crippen LogP contribution in [0.25, 0.3) is 0 Å². The lowest BCUT2D eigenvalue weighted by Gasteiger charge is -2.28. The van der Waals surface area contributed by atoms with E-state index in [4.69, 9.17) is 9.47 Å². The molecule has 0 aliphatic carbocycles. The third kappa shape index (κ3) is 5.31. The summed E-state index contributed by atoms with van der Waals surface area (Å²) in [5.74, 6) is 0.698. The Labute approximate surface area is 132 Å². The normalized spacial score (nSPS) is 21.4. The van der Waals surface area contributed by atoms with Gasteiger partial charge in [0.1, 0.15) is 5.75 Å². The second-order valence-electron chi connectivity index (χ2n) is 5.77. The smallest absolute Gasteiger partial charge is 0.251 e. The van der Waals surface area contributed by atoms with Crippen molar-refractivity contribution in [3.63, 3.8) is 0 Å². The first-order valence-corrected chi connectivity index (χ1v) is 7.95. The van der Waals surface area contributed by atoms with E-state index in [0.717, 1.165) is 31.6 Å². The van der Waals surface area contributed by atoms with Gasteiger partial charge in [-0.2, -0.15) is 0 Å². The van der Waals surface area contributed by atoms with Crippen LogP contribution in [0.5, 0.6) is 5.75 Å². The number of hydrogen-bond acceptors (Lipinski definition) is 4. The standard InChI is InChI=1S/C17H26N2O3/c1-13-11-15(7-8-18-13)19-17(20)14-5-3-6-16(12-14)22-10-4-9-21-2/h3,5-6,12-13,15,18H,4,7-11H2,1-2H3,(H,19,20). The lowest BCUT2D eigenvalue weighted by atomic mass is 10.0. The molecule has 2 N–H and O–H groups in total. The number of carbonyl (C=O) groups excluding carboxylic acids is 1. The van der Waals surface area contributed by atoms with Crippen LogP contribution in [0.2, 0.25) is 0 Å². The molecule has 0 bridgehead atoms. The maximum absolute atomic E-state index is 12.3. The van der Waals surface area contributed by atoms with E-state index < -0.39 is 0 Å². The van der Waals surface area contributed by atoms with Gasteiger partial charge in [-0.25, -0.2) is 0 Å². The second kappa shape index (κ2) is 8.76. The highest BCUT2D eigenvalue weighted by Crippen LogP contribution is 2.15. The minimum atomic E-state index is -0.0264. The van der Waals surface area contributed by atoms with Gasteiger partial charge in [0.05, 0.1) is 6.61 Å². The number of methoxy groups -OCH3 is 1. The molecule has 0 spiro atoms. The van der Waals surface area contributed by atoms with Crippen LogP contribution in [0, 0.1) is 0 Å². The molecule has 122 valence electrons. The van der Waals surface area contributed by atoms with E-state index in [1.807, 2.05) is 18.2 Å². The maximum atomic E-state index is 12.3. The molecule has 5 nitrogen and oxygen atoms in total. The lowest BCUT2D eigenvalue weighted by Crippen LogP contribution is -2.46. The minimum absolute atomic E-state index is 0.0264. The second-order valence-corrected chi connectivity index (χ2v) is 5.77. The van der Waals surface area contributed by atoms with Crippen LogP contribution in [0.1, 0.15) is 36.5 Å². The molecule has 1 aromatic carbocycles. The highest BCUT2D eigenvalue weighted by molar-refractivity contribution is 5.94. The number of ether oxygens (including phenoxy) is 2. The molecule has 1 aromatic rings. The van der Waals surface area contributed by atoms with E-state index in [0.29, 0.717) is 24.8 Å². The Balaban J connectivity index is 1.86. The fraction of sp³-hybridized carbons (Fsp3) is 0.588. The summed E-state index contributed by atoms with van der Waals surface area (Å²) < 4.78 is 10.6. The van der Waals surface area contributed by atoms with E-state index >= 15 is 0 Å². The van der Waals surface area contributed by atoms with Gasteiger partial charge in [-0.05, 0) is 44.5 Å². The summed E-state index contributed by atoms with van der Waals surface area (Å²) in [5, 5.41) is 6.50. The molecule has 1 saturated heterocycles. The number of amides is 1. The van der Waals surface area contributed by atoms with E-state index in [1.165, 1.54) is 0 Å². The highest BCUT2D eigenvalue weighted by atomic mass is 16.5. The molecule has 2 rings (SSSR count). The van der Waals surface area contributed by atoms with Gasteiger partial charge in [-0.1, -0.05) is 6.07 Å². The van der Waals surface area contributed by atoms with Crippen molar-refractivity contribution >= 4 is 5.91 Å². The number of nitrogens with one attached hydrogen (secondary N) is 2. The van der Waals surface area contributed by atoms with Crippen molar-refractivity contribution in [1.82, 2.24) is 10.6 Å². The van der Waals surface area contributed by atoms with Gasteiger partial charge in [-0.15, -0.1) is 0 Å². The summed E-state index contributed by atoms with van der Waals surface area (Å²) >= 11 is 0.